The summed E-state index contributed by atoms with van der Waals surface area (Å²) in [6.07, 6.45) is 5.14. The van der Waals surface area contributed by atoms with Gasteiger partial charge in [0.15, 0.2) is 11.5 Å². The third-order valence-electron chi connectivity index (χ3n) is 3.08. The molecule has 2 heterocycles. The van der Waals surface area contributed by atoms with E-state index in [1.807, 2.05) is 53.1 Å². The Morgan fingerprint density at radius 3 is 3.00 bits per heavy atom. The highest BCUT2D eigenvalue weighted by Gasteiger charge is 2.05. The summed E-state index contributed by atoms with van der Waals surface area (Å²) < 4.78 is 2.82. The van der Waals surface area contributed by atoms with Crippen molar-refractivity contribution in [3.63, 3.8) is 0 Å². The van der Waals surface area contributed by atoms with Crippen molar-refractivity contribution >= 4 is 33.6 Å². The highest BCUT2D eigenvalue weighted by Crippen LogP contribution is 2.12. The van der Waals surface area contributed by atoms with E-state index in [0.717, 1.165) is 15.7 Å². The highest BCUT2D eigenvalue weighted by molar-refractivity contribution is 9.10. The number of aromatic nitrogens is 3. The molecule has 22 heavy (non-hydrogen) atoms. The number of nitrogens with zero attached hydrogens (tertiary/aromatic N) is 3. The number of hydrogen-bond acceptors (Lipinski definition) is 3. The van der Waals surface area contributed by atoms with Gasteiger partial charge in [-0.25, -0.2) is 0 Å². The van der Waals surface area contributed by atoms with Crippen LogP contribution in [-0.4, -0.2) is 20.5 Å². The minimum absolute atomic E-state index is 0.173. The number of benzene rings is 1. The first kappa shape index (κ1) is 14.5. The monoisotopic (exact) mass is 356 g/mol. The molecule has 0 radical (unpaired) electrons. The van der Waals surface area contributed by atoms with E-state index in [9.17, 15) is 4.79 Å². The lowest BCUT2D eigenvalue weighted by atomic mass is 10.2. The van der Waals surface area contributed by atoms with Gasteiger partial charge in [0, 0.05) is 16.7 Å². The highest BCUT2D eigenvalue weighted by atomic mass is 79.9. The first-order chi connectivity index (χ1) is 10.7. The summed E-state index contributed by atoms with van der Waals surface area (Å²) in [6, 6.07) is 13.4. The van der Waals surface area contributed by atoms with Crippen LogP contribution < -0.4 is 5.32 Å². The van der Waals surface area contributed by atoms with E-state index in [-0.39, 0.29) is 5.91 Å². The number of nitrogens with one attached hydrogen (secondary N) is 1. The molecule has 1 amide bonds. The maximum atomic E-state index is 11.9. The fourth-order valence-electron chi connectivity index (χ4n) is 2.02. The number of carbonyl (C=O) groups is 1. The molecule has 0 spiro atoms. The second-order valence-electron chi connectivity index (χ2n) is 4.65. The molecule has 0 saturated carbocycles. The number of fused-ring (bicyclic) bond motifs is 1. The summed E-state index contributed by atoms with van der Waals surface area (Å²) in [5.41, 5.74) is 1.72. The van der Waals surface area contributed by atoms with Gasteiger partial charge in [-0.1, -0.05) is 34.1 Å². The molecule has 0 aliphatic heterocycles. The van der Waals surface area contributed by atoms with E-state index >= 15 is 0 Å². The third kappa shape index (κ3) is 3.40. The van der Waals surface area contributed by atoms with Gasteiger partial charge in [0.05, 0.1) is 6.54 Å². The molecule has 0 saturated heterocycles. The van der Waals surface area contributed by atoms with E-state index in [4.69, 9.17) is 0 Å². The molecule has 3 aromatic rings. The second-order valence-corrected chi connectivity index (χ2v) is 5.57. The number of hydrogen-bond donors (Lipinski definition) is 1. The molecule has 0 unspecified atom stereocenters. The van der Waals surface area contributed by atoms with Gasteiger partial charge in [0.1, 0.15) is 0 Å². The number of pyridine rings is 1. The van der Waals surface area contributed by atoms with E-state index in [1.165, 1.54) is 6.08 Å². The fraction of sp³-hybridized carbons (Fsp3) is 0.0625. The van der Waals surface area contributed by atoms with Crippen LogP contribution in [0.2, 0.25) is 0 Å². The van der Waals surface area contributed by atoms with Crippen LogP contribution in [0.5, 0.6) is 0 Å². The topological polar surface area (TPSA) is 59.3 Å². The standard InChI is InChI=1S/C16H13BrN4O/c17-13-5-3-4-12(10-13)7-8-16(22)18-11-15-20-19-14-6-1-2-9-21(14)15/h1-10H,11H2,(H,18,22)/b8-7+. The first-order valence-corrected chi connectivity index (χ1v) is 7.52. The van der Waals surface area contributed by atoms with Crippen molar-refractivity contribution in [2.24, 2.45) is 0 Å². The van der Waals surface area contributed by atoms with Crippen LogP contribution in [0.25, 0.3) is 11.7 Å². The van der Waals surface area contributed by atoms with Gasteiger partial charge >= 0.3 is 0 Å². The Morgan fingerprint density at radius 1 is 1.23 bits per heavy atom. The first-order valence-electron chi connectivity index (χ1n) is 6.72. The average Bonchev–Trinajstić information content (AvgIpc) is 2.94. The molecule has 6 heteroatoms. The quantitative estimate of drug-likeness (QED) is 0.731. The summed E-state index contributed by atoms with van der Waals surface area (Å²) >= 11 is 3.40. The fourth-order valence-corrected chi connectivity index (χ4v) is 2.44. The number of rotatable bonds is 4. The number of carbonyl (C=O) groups excluding carboxylic acids is 1. The lowest BCUT2D eigenvalue weighted by molar-refractivity contribution is -0.116. The molecular formula is C16H13BrN4O. The Labute approximate surface area is 135 Å². The summed E-state index contributed by atoms with van der Waals surface area (Å²) in [5, 5.41) is 10.9. The third-order valence-corrected chi connectivity index (χ3v) is 3.57. The molecule has 1 N–H and O–H groups in total. The molecule has 3 rings (SSSR count). The predicted octanol–water partition coefficient (Wildman–Crippen LogP) is 2.82. The number of amides is 1. The predicted molar refractivity (Wildman–Crippen MR) is 88.0 cm³/mol. The van der Waals surface area contributed by atoms with E-state index in [1.54, 1.807) is 6.08 Å². The molecule has 0 bridgehead atoms. The minimum atomic E-state index is -0.173. The number of halogens is 1. The van der Waals surface area contributed by atoms with Crippen LogP contribution in [0, 0.1) is 0 Å². The van der Waals surface area contributed by atoms with Crippen LogP contribution in [0.15, 0.2) is 59.2 Å². The van der Waals surface area contributed by atoms with Crippen molar-refractivity contribution in [1.82, 2.24) is 19.9 Å². The van der Waals surface area contributed by atoms with Crippen molar-refractivity contribution in [3.05, 3.63) is 70.6 Å². The van der Waals surface area contributed by atoms with Gasteiger partial charge in [0.25, 0.3) is 0 Å². The lowest BCUT2D eigenvalue weighted by Gasteiger charge is -2.01. The van der Waals surface area contributed by atoms with Crippen LogP contribution in [0.1, 0.15) is 11.4 Å². The summed E-state index contributed by atoms with van der Waals surface area (Å²) in [6.45, 7) is 0.326. The van der Waals surface area contributed by atoms with Gasteiger partial charge in [-0.2, -0.15) is 0 Å². The van der Waals surface area contributed by atoms with Crippen molar-refractivity contribution in [2.45, 2.75) is 6.54 Å². The molecular weight excluding hydrogens is 344 g/mol. The zero-order chi connectivity index (χ0) is 15.4. The van der Waals surface area contributed by atoms with Gasteiger partial charge in [-0.15, -0.1) is 10.2 Å². The Bertz CT molecular complexity index is 841. The van der Waals surface area contributed by atoms with Crippen LogP contribution in [0.3, 0.4) is 0 Å². The van der Waals surface area contributed by atoms with Crippen LogP contribution >= 0.6 is 15.9 Å². The summed E-state index contributed by atoms with van der Waals surface area (Å²) in [7, 11) is 0. The minimum Gasteiger partial charge on any atom is -0.345 e. The smallest absolute Gasteiger partial charge is 0.244 e. The molecule has 110 valence electrons. The van der Waals surface area contributed by atoms with Gasteiger partial charge in [0.2, 0.25) is 5.91 Å². The van der Waals surface area contributed by atoms with Crippen molar-refractivity contribution in [2.75, 3.05) is 0 Å². The van der Waals surface area contributed by atoms with Gasteiger partial charge < -0.3 is 5.32 Å². The zero-order valence-corrected chi connectivity index (χ0v) is 13.2. The van der Waals surface area contributed by atoms with Gasteiger partial charge in [-0.05, 0) is 35.9 Å². The Balaban J connectivity index is 1.63. The molecule has 5 nitrogen and oxygen atoms in total. The van der Waals surface area contributed by atoms with Crippen LogP contribution in [-0.2, 0) is 11.3 Å². The molecule has 2 aromatic heterocycles. The molecule has 0 fully saturated rings. The summed E-state index contributed by atoms with van der Waals surface area (Å²) in [4.78, 5) is 11.9. The zero-order valence-electron chi connectivity index (χ0n) is 11.6. The maximum Gasteiger partial charge on any atom is 0.244 e. The van der Waals surface area contributed by atoms with Crippen LogP contribution in [0.4, 0.5) is 0 Å². The van der Waals surface area contributed by atoms with Crippen molar-refractivity contribution < 1.29 is 4.79 Å². The SMILES string of the molecule is O=C(/C=C/c1cccc(Br)c1)NCc1nnc2ccccn12. The lowest BCUT2D eigenvalue weighted by Crippen LogP contribution is -2.21. The molecule has 0 atom stereocenters. The van der Waals surface area contributed by atoms with E-state index in [2.05, 4.69) is 31.4 Å². The second kappa shape index (κ2) is 6.53. The Kier molecular flexibility index (Phi) is 4.29. The van der Waals surface area contributed by atoms with E-state index in [0.29, 0.717) is 12.4 Å². The summed E-state index contributed by atoms with van der Waals surface area (Å²) in [5.74, 6) is 0.521. The Morgan fingerprint density at radius 2 is 2.14 bits per heavy atom. The van der Waals surface area contributed by atoms with Crippen molar-refractivity contribution in [3.8, 4) is 0 Å². The molecule has 0 aliphatic carbocycles. The average molecular weight is 357 g/mol. The largest absolute Gasteiger partial charge is 0.345 e. The van der Waals surface area contributed by atoms with E-state index < -0.39 is 0 Å². The molecule has 0 aliphatic rings. The normalized spacial score (nSPS) is 11.1. The van der Waals surface area contributed by atoms with Gasteiger partial charge in [-0.3, -0.25) is 9.20 Å². The van der Waals surface area contributed by atoms with Crippen molar-refractivity contribution in [1.29, 1.82) is 0 Å². The Hall–Kier alpha value is -2.47. The molecule has 1 aromatic carbocycles. The maximum absolute atomic E-state index is 11.9.